The van der Waals surface area contributed by atoms with E-state index in [-0.39, 0.29) is 18.9 Å². The van der Waals surface area contributed by atoms with Crippen LogP contribution in [0.15, 0.2) is 60.9 Å². The number of benzene rings is 1. The standard InChI is InChI=1S/C22H21F3N4O2/c23-8-3-11-30-16-5-1-4-14(12-16)22(15-7-10-27-18(13-15)31-21(24)25)17-6-2-9-28-19(17)20(26)29-22/h1-2,4-7,9-10,12-13,20-21,29H,3,8,11,26H2. The Balaban J connectivity index is 1.86. The molecule has 9 heteroatoms. The minimum atomic E-state index is -3.00. The molecule has 2 unspecified atom stereocenters. The lowest BCUT2D eigenvalue weighted by molar-refractivity contribution is -0.0529. The first kappa shape index (κ1) is 21.1. The van der Waals surface area contributed by atoms with Gasteiger partial charge in [-0.05, 0) is 35.4 Å². The molecule has 4 rings (SSSR count). The monoisotopic (exact) mass is 430 g/mol. The molecule has 0 bridgehead atoms. The van der Waals surface area contributed by atoms with E-state index in [1.807, 2.05) is 18.2 Å². The van der Waals surface area contributed by atoms with Crippen LogP contribution in [0.25, 0.3) is 0 Å². The normalized spacial score (nSPS) is 20.0. The molecule has 0 saturated heterocycles. The van der Waals surface area contributed by atoms with Crippen molar-refractivity contribution in [3.8, 4) is 11.6 Å². The van der Waals surface area contributed by atoms with Crippen molar-refractivity contribution in [2.75, 3.05) is 13.3 Å². The third-order valence-electron chi connectivity index (χ3n) is 5.10. The van der Waals surface area contributed by atoms with Gasteiger partial charge < -0.3 is 15.2 Å². The highest BCUT2D eigenvalue weighted by molar-refractivity contribution is 5.56. The fourth-order valence-corrected chi connectivity index (χ4v) is 3.87. The highest BCUT2D eigenvalue weighted by Gasteiger charge is 2.46. The fourth-order valence-electron chi connectivity index (χ4n) is 3.87. The Labute approximate surface area is 177 Å². The quantitative estimate of drug-likeness (QED) is 0.531. The lowest BCUT2D eigenvalue weighted by Crippen LogP contribution is -2.42. The van der Waals surface area contributed by atoms with Crippen LogP contribution < -0.4 is 20.5 Å². The lowest BCUT2D eigenvalue weighted by Gasteiger charge is -2.33. The highest BCUT2D eigenvalue weighted by atomic mass is 19.3. The highest BCUT2D eigenvalue weighted by Crippen LogP contribution is 2.45. The van der Waals surface area contributed by atoms with E-state index in [0.29, 0.717) is 17.0 Å². The summed E-state index contributed by atoms with van der Waals surface area (Å²) < 4.78 is 48.2. The molecule has 0 spiro atoms. The van der Waals surface area contributed by atoms with Crippen molar-refractivity contribution < 1.29 is 22.6 Å². The van der Waals surface area contributed by atoms with Gasteiger partial charge in [-0.2, -0.15) is 8.78 Å². The molecule has 1 aromatic carbocycles. The van der Waals surface area contributed by atoms with Crippen molar-refractivity contribution in [1.29, 1.82) is 0 Å². The maximum atomic E-state index is 12.8. The van der Waals surface area contributed by atoms with Crippen molar-refractivity contribution in [2.24, 2.45) is 5.73 Å². The van der Waals surface area contributed by atoms with Crippen LogP contribution in [0.3, 0.4) is 0 Å². The molecule has 1 aliphatic heterocycles. The number of nitrogens with zero attached hydrogens (tertiary/aromatic N) is 2. The van der Waals surface area contributed by atoms with E-state index >= 15 is 0 Å². The Bertz CT molecular complexity index is 1050. The number of nitrogens with two attached hydrogens (primary N) is 1. The summed E-state index contributed by atoms with van der Waals surface area (Å²) in [5, 5.41) is 3.37. The molecule has 0 radical (unpaired) electrons. The summed E-state index contributed by atoms with van der Waals surface area (Å²) in [4.78, 5) is 8.29. The lowest BCUT2D eigenvalue weighted by atomic mass is 9.79. The second-order valence-corrected chi connectivity index (χ2v) is 6.99. The number of halogens is 3. The van der Waals surface area contributed by atoms with Crippen LogP contribution in [0.4, 0.5) is 13.2 Å². The first-order chi connectivity index (χ1) is 15.0. The van der Waals surface area contributed by atoms with Crippen LogP contribution >= 0.6 is 0 Å². The smallest absolute Gasteiger partial charge is 0.388 e. The van der Waals surface area contributed by atoms with Crippen molar-refractivity contribution >= 4 is 0 Å². The number of nitrogens with one attached hydrogen (secondary N) is 1. The molecular formula is C22H21F3N4O2. The number of hydrogen-bond donors (Lipinski definition) is 2. The number of alkyl halides is 3. The molecule has 31 heavy (non-hydrogen) atoms. The summed E-state index contributed by atoms with van der Waals surface area (Å²) in [6, 6.07) is 14.1. The molecule has 2 aromatic heterocycles. The number of pyridine rings is 2. The average molecular weight is 430 g/mol. The molecule has 0 aliphatic carbocycles. The zero-order valence-electron chi connectivity index (χ0n) is 16.5. The summed E-state index contributed by atoms with van der Waals surface area (Å²) in [5.41, 5.74) is 8.09. The van der Waals surface area contributed by atoms with Gasteiger partial charge in [0.05, 0.1) is 24.5 Å². The Morgan fingerprint density at radius 2 is 1.90 bits per heavy atom. The summed E-state index contributed by atoms with van der Waals surface area (Å²) in [6.45, 7) is -3.23. The first-order valence-electron chi connectivity index (χ1n) is 9.74. The molecule has 1 aliphatic rings. The largest absolute Gasteiger partial charge is 0.493 e. The van der Waals surface area contributed by atoms with Gasteiger partial charge in [-0.1, -0.05) is 18.2 Å². The molecular weight excluding hydrogens is 409 g/mol. The fraction of sp³-hybridized carbons (Fsp3) is 0.273. The number of rotatable bonds is 8. The zero-order chi connectivity index (χ0) is 21.8. The van der Waals surface area contributed by atoms with E-state index in [0.717, 1.165) is 11.1 Å². The van der Waals surface area contributed by atoms with E-state index in [1.54, 1.807) is 30.5 Å². The SMILES string of the molecule is NC1NC(c2cccc(OCCCF)c2)(c2ccnc(OC(F)F)c2)c2cccnc21. The molecule has 0 fully saturated rings. The summed E-state index contributed by atoms with van der Waals surface area (Å²) in [6.07, 6.45) is 2.73. The summed E-state index contributed by atoms with van der Waals surface area (Å²) in [5.74, 6) is 0.339. The third-order valence-corrected chi connectivity index (χ3v) is 5.10. The first-order valence-corrected chi connectivity index (χ1v) is 9.74. The molecule has 3 aromatic rings. The molecule has 0 amide bonds. The summed E-state index contributed by atoms with van der Waals surface area (Å²) >= 11 is 0. The van der Waals surface area contributed by atoms with Crippen LogP contribution in [-0.4, -0.2) is 29.9 Å². The van der Waals surface area contributed by atoms with E-state index in [4.69, 9.17) is 10.5 Å². The molecule has 162 valence electrons. The van der Waals surface area contributed by atoms with Gasteiger partial charge >= 0.3 is 6.61 Å². The number of aromatic nitrogens is 2. The second-order valence-electron chi connectivity index (χ2n) is 6.99. The molecule has 6 nitrogen and oxygen atoms in total. The van der Waals surface area contributed by atoms with Gasteiger partial charge in [-0.15, -0.1) is 0 Å². The molecule has 0 saturated carbocycles. The Kier molecular flexibility index (Phi) is 6.06. The minimum absolute atomic E-state index is 0.213. The van der Waals surface area contributed by atoms with Gasteiger partial charge in [-0.25, -0.2) is 4.98 Å². The predicted molar refractivity (Wildman–Crippen MR) is 108 cm³/mol. The van der Waals surface area contributed by atoms with Gasteiger partial charge in [0.15, 0.2) is 0 Å². The second kappa shape index (κ2) is 8.91. The Morgan fingerprint density at radius 1 is 1.06 bits per heavy atom. The van der Waals surface area contributed by atoms with Crippen LogP contribution in [0.5, 0.6) is 11.6 Å². The number of ether oxygens (including phenoxy) is 2. The Morgan fingerprint density at radius 3 is 2.71 bits per heavy atom. The van der Waals surface area contributed by atoms with Gasteiger partial charge in [0.1, 0.15) is 11.9 Å². The average Bonchev–Trinajstić information content (AvgIpc) is 3.08. The zero-order valence-corrected chi connectivity index (χ0v) is 16.5. The van der Waals surface area contributed by atoms with E-state index in [2.05, 4.69) is 20.0 Å². The summed E-state index contributed by atoms with van der Waals surface area (Å²) in [7, 11) is 0. The van der Waals surface area contributed by atoms with Crippen molar-refractivity contribution in [3.05, 3.63) is 83.3 Å². The van der Waals surface area contributed by atoms with E-state index in [9.17, 15) is 13.2 Å². The van der Waals surface area contributed by atoms with Crippen molar-refractivity contribution in [3.63, 3.8) is 0 Å². The maximum absolute atomic E-state index is 12.8. The molecule has 3 N–H and O–H groups in total. The predicted octanol–water partition coefficient (Wildman–Crippen LogP) is 3.67. The molecule has 3 heterocycles. The Hall–Kier alpha value is -3.17. The number of hydrogen-bond acceptors (Lipinski definition) is 6. The van der Waals surface area contributed by atoms with E-state index in [1.165, 1.54) is 12.3 Å². The maximum Gasteiger partial charge on any atom is 0.388 e. The van der Waals surface area contributed by atoms with Crippen molar-refractivity contribution in [1.82, 2.24) is 15.3 Å². The van der Waals surface area contributed by atoms with Gasteiger partial charge in [0, 0.05) is 30.4 Å². The van der Waals surface area contributed by atoms with Gasteiger partial charge in [0.25, 0.3) is 0 Å². The topological polar surface area (TPSA) is 82.3 Å². The van der Waals surface area contributed by atoms with Crippen LogP contribution in [-0.2, 0) is 5.54 Å². The van der Waals surface area contributed by atoms with Crippen molar-refractivity contribution in [2.45, 2.75) is 24.7 Å². The third kappa shape index (κ3) is 4.06. The van der Waals surface area contributed by atoms with E-state index < -0.39 is 25.0 Å². The van der Waals surface area contributed by atoms with Gasteiger partial charge in [-0.3, -0.25) is 14.7 Å². The minimum Gasteiger partial charge on any atom is -0.493 e. The van der Waals surface area contributed by atoms with Crippen LogP contribution in [0.2, 0.25) is 0 Å². The van der Waals surface area contributed by atoms with Gasteiger partial charge in [0.2, 0.25) is 5.88 Å². The van der Waals surface area contributed by atoms with Crippen LogP contribution in [0.1, 0.15) is 35.0 Å². The van der Waals surface area contributed by atoms with Crippen LogP contribution in [0, 0.1) is 0 Å². The molecule has 2 atom stereocenters. The number of fused-ring (bicyclic) bond motifs is 1.